The molecule has 0 aromatic heterocycles. The number of hydrogen-bond acceptors (Lipinski definition) is 1. The van der Waals surface area contributed by atoms with Crippen molar-refractivity contribution < 1.29 is 4.79 Å². The average molecular weight is 396 g/mol. The fraction of sp³-hybridized carbons (Fsp3) is 0.962. The number of rotatable bonds is 24. The minimum Gasteiger partial charge on any atom is -0.345 e. The van der Waals surface area contributed by atoms with Crippen LogP contribution in [0, 0.1) is 0 Å². The predicted octanol–water partition coefficient (Wildman–Crippen LogP) is 8.68. The van der Waals surface area contributed by atoms with Crippen molar-refractivity contribution >= 4 is 6.41 Å². The summed E-state index contributed by atoms with van der Waals surface area (Å²) in [4.78, 5) is 13.2. The summed E-state index contributed by atoms with van der Waals surface area (Å²) in [7, 11) is 0. The van der Waals surface area contributed by atoms with E-state index in [1.807, 2.05) is 4.90 Å². The summed E-state index contributed by atoms with van der Waals surface area (Å²) < 4.78 is 0. The molecule has 28 heavy (non-hydrogen) atoms. The Morgan fingerprint density at radius 1 is 0.429 bits per heavy atom. The van der Waals surface area contributed by atoms with Crippen molar-refractivity contribution in [1.29, 1.82) is 0 Å². The van der Waals surface area contributed by atoms with E-state index in [0.29, 0.717) is 0 Å². The Hall–Kier alpha value is -0.530. The molecular formula is C26H53NO. The number of carbonyl (C=O) groups is 1. The van der Waals surface area contributed by atoms with Gasteiger partial charge in [0.2, 0.25) is 6.41 Å². The van der Waals surface area contributed by atoms with E-state index < -0.39 is 0 Å². The van der Waals surface area contributed by atoms with Crippen molar-refractivity contribution in [3.63, 3.8) is 0 Å². The van der Waals surface area contributed by atoms with E-state index in [4.69, 9.17) is 0 Å². The molecule has 2 heteroatoms. The van der Waals surface area contributed by atoms with Crippen LogP contribution in [0.15, 0.2) is 0 Å². The largest absolute Gasteiger partial charge is 0.345 e. The van der Waals surface area contributed by atoms with Gasteiger partial charge in [-0.1, -0.05) is 136 Å². The highest BCUT2D eigenvalue weighted by Crippen LogP contribution is 2.12. The van der Waals surface area contributed by atoms with Gasteiger partial charge >= 0.3 is 0 Å². The lowest BCUT2D eigenvalue weighted by Gasteiger charge is -2.17. The molecular weight excluding hydrogens is 342 g/mol. The van der Waals surface area contributed by atoms with Crippen LogP contribution in [-0.2, 0) is 4.79 Å². The third-order valence-electron chi connectivity index (χ3n) is 6.00. The summed E-state index contributed by atoms with van der Waals surface area (Å²) in [6.07, 6.45) is 29.8. The first-order chi connectivity index (χ1) is 13.8. The van der Waals surface area contributed by atoms with Crippen LogP contribution in [0.3, 0.4) is 0 Å². The van der Waals surface area contributed by atoms with Gasteiger partial charge in [-0.3, -0.25) is 4.79 Å². The van der Waals surface area contributed by atoms with E-state index in [1.54, 1.807) is 0 Å². The van der Waals surface area contributed by atoms with Crippen molar-refractivity contribution in [2.45, 2.75) is 149 Å². The zero-order chi connectivity index (χ0) is 20.5. The topological polar surface area (TPSA) is 20.3 Å². The fourth-order valence-corrected chi connectivity index (χ4v) is 4.00. The van der Waals surface area contributed by atoms with Crippen LogP contribution in [-0.4, -0.2) is 24.4 Å². The van der Waals surface area contributed by atoms with Crippen LogP contribution < -0.4 is 0 Å². The lowest BCUT2D eigenvalue weighted by molar-refractivity contribution is -0.118. The smallest absolute Gasteiger partial charge is 0.209 e. The van der Waals surface area contributed by atoms with E-state index in [9.17, 15) is 4.79 Å². The minimum atomic E-state index is 0.970. The Labute approximate surface area is 178 Å². The first-order valence-corrected chi connectivity index (χ1v) is 13.0. The Kier molecular flexibility index (Phi) is 24.0. The van der Waals surface area contributed by atoms with Crippen LogP contribution in [0.2, 0.25) is 0 Å². The minimum absolute atomic E-state index is 0.970. The number of amides is 1. The maximum Gasteiger partial charge on any atom is 0.209 e. The van der Waals surface area contributed by atoms with Crippen molar-refractivity contribution in [2.75, 3.05) is 13.1 Å². The van der Waals surface area contributed by atoms with Crippen molar-refractivity contribution in [2.24, 2.45) is 0 Å². The Morgan fingerprint density at radius 2 is 0.679 bits per heavy atom. The Balaban J connectivity index is 3.28. The van der Waals surface area contributed by atoms with Crippen LogP contribution in [0.4, 0.5) is 0 Å². The van der Waals surface area contributed by atoms with Crippen molar-refractivity contribution in [3.05, 3.63) is 0 Å². The standard InChI is InChI=1S/C26H53NO/c1-3-5-7-9-11-13-15-17-19-21-23-25-27(26-28)24-22-20-18-16-14-12-10-8-6-4-2/h26H,3-25H2,1-2H3. The second-order valence-corrected chi connectivity index (χ2v) is 8.86. The fourth-order valence-electron chi connectivity index (χ4n) is 4.00. The molecule has 0 bridgehead atoms. The highest BCUT2D eigenvalue weighted by molar-refractivity contribution is 5.46. The van der Waals surface area contributed by atoms with Gasteiger partial charge in [-0.05, 0) is 12.8 Å². The first kappa shape index (κ1) is 27.5. The quantitative estimate of drug-likeness (QED) is 0.118. The lowest BCUT2D eigenvalue weighted by Crippen LogP contribution is -2.24. The highest BCUT2D eigenvalue weighted by atomic mass is 16.1. The average Bonchev–Trinajstić information content (AvgIpc) is 2.71. The summed E-state index contributed by atoms with van der Waals surface area (Å²) >= 11 is 0. The molecule has 0 aliphatic heterocycles. The molecule has 0 heterocycles. The van der Waals surface area contributed by atoms with E-state index in [-0.39, 0.29) is 0 Å². The second kappa shape index (κ2) is 24.5. The number of hydrogen-bond donors (Lipinski definition) is 0. The van der Waals surface area contributed by atoms with Crippen molar-refractivity contribution in [1.82, 2.24) is 4.90 Å². The summed E-state index contributed by atoms with van der Waals surface area (Å²) in [5.41, 5.74) is 0. The van der Waals surface area contributed by atoms with E-state index in [2.05, 4.69) is 13.8 Å². The molecule has 0 aromatic rings. The van der Waals surface area contributed by atoms with Gasteiger partial charge in [0.05, 0.1) is 0 Å². The molecule has 0 aliphatic rings. The normalized spacial score (nSPS) is 11.1. The molecule has 2 nitrogen and oxygen atoms in total. The monoisotopic (exact) mass is 395 g/mol. The number of nitrogens with zero attached hydrogens (tertiary/aromatic N) is 1. The first-order valence-electron chi connectivity index (χ1n) is 13.0. The molecule has 0 fully saturated rings. The predicted molar refractivity (Wildman–Crippen MR) is 126 cm³/mol. The van der Waals surface area contributed by atoms with Crippen LogP contribution in [0.25, 0.3) is 0 Å². The summed E-state index contributed by atoms with van der Waals surface area (Å²) in [5.74, 6) is 0. The molecule has 0 saturated carbocycles. The van der Waals surface area contributed by atoms with E-state index in [1.165, 1.54) is 135 Å². The molecule has 0 aliphatic carbocycles. The third kappa shape index (κ3) is 21.8. The zero-order valence-electron chi connectivity index (χ0n) is 19.7. The molecule has 0 rings (SSSR count). The molecule has 1 amide bonds. The second-order valence-electron chi connectivity index (χ2n) is 8.86. The molecule has 0 N–H and O–H groups in total. The summed E-state index contributed by atoms with van der Waals surface area (Å²) in [6.45, 7) is 6.50. The van der Waals surface area contributed by atoms with Gasteiger partial charge < -0.3 is 4.90 Å². The van der Waals surface area contributed by atoms with Gasteiger partial charge in [-0.15, -0.1) is 0 Å². The maximum atomic E-state index is 11.2. The Morgan fingerprint density at radius 3 is 0.929 bits per heavy atom. The number of unbranched alkanes of at least 4 members (excludes halogenated alkanes) is 19. The van der Waals surface area contributed by atoms with Gasteiger partial charge in [0.25, 0.3) is 0 Å². The van der Waals surface area contributed by atoms with Gasteiger partial charge in [0.15, 0.2) is 0 Å². The van der Waals surface area contributed by atoms with Gasteiger partial charge in [-0.2, -0.15) is 0 Å². The SMILES string of the molecule is CCCCCCCCCCCCCN(C=O)CCCCCCCCCCCC. The highest BCUT2D eigenvalue weighted by Gasteiger charge is 2.01. The van der Waals surface area contributed by atoms with Crippen LogP contribution in [0.1, 0.15) is 149 Å². The Bertz CT molecular complexity index is 292. The zero-order valence-corrected chi connectivity index (χ0v) is 19.7. The van der Waals surface area contributed by atoms with Crippen LogP contribution in [0.5, 0.6) is 0 Å². The molecule has 168 valence electrons. The van der Waals surface area contributed by atoms with E-state index >= 15 is 0 Å². The van der Waals surface area contributed by atoms with E-state index in [0.717, 1.165) is 19.5 Å². The van der Waals surface area contributed by atoms with Gasteiger partial charge in [-0.25, -0.2) is 0 Å². The molecule has 0 radical (unpaired) electrons. The summed E-state index contributed by atoms with van der Waals surface area (Å²) in [6, 6.07) is 0. The number of carbonyl (C=O) groups excluding carboxylic acids is 1. The molecule has 0 unspecified atom stereocenters. The van der Waals surface area contributed by atoms with Gasteiger partial charge in [0.1, 0.15) is 0 Å². The third-order valence-corrected chi connectivity index (χ3v) is 6.00. The molecule has 0 spiro atoms. The van der Waals surface area contributed by atoms with Gasteiger partial charge in [0, 0.05) is 13.1 Å². The molecule has 0 atom stereocenters. The molecule has 0 aromatic carbocycles. The maximum absolute atomic E-state index is 11.2. The van der Waals surface area contributed by atoms with Crippen molar-refractivity contribution in [3.8, 4) is 0 Å². The molecule has 0 saturated heterocycles. The lowest BCUT2D eigenvalue weighted by atomic mass is 10.1. The van der Waals surface area contributed by atoms with Crippen LogP contribution >= 0.6 is 0 Å². The summed E-state index contributed by atoms with van der Waals surface area (Å²) in [5, 5.41) is 0.